The van der Waals surface area contributed by atoms with Crippen molar-refractivity contribution in [1.82, 2.24) is 9.38 Å². The van der Waals surface area contributed by atoms with Crippen LogP contribution in [0.5, 0.6) is 0 Å². The molecule has 0 N–H and O–H groups in total. The molecule has 0 bridgehead atoms. The highest BCUT2D eigenvalue weighted by atomic mass is 32.1. The molecule has 0 fully saturated rings. The Bertz CT molecular complexity index is 2900. The van der Waals surface area contributed by atoms with E-state index in [1.54, 1.807) is 0 Å². The van der Waals surface area contributed by atoms with E-state index < -0.39 is 0 Å². The predicted octanol–water partition coefficient (Wildman–Crippen LogP) is 12.6. The lowest BCUT2D eigenvalue weighted by atomic mass is 9.82. The molecule has 0 radical (unpaired) electrons. The molecule has 0 saturated heterocycles. The highest BCUT2D eigenvalue weighted by Crippen LogP contribution is 2.49. The van der Waals surface area contributed by atoms with Gasteiger partial charge in [0.15, 0.2) is 5.65 Å². The van der Waals surface area contributed by atoms with Crippen LogP contribution in [0, 0.1) is 0 Å². The minimum absolute atomic E-state index is 0.0148. The van der Waals surface area contributed by atoms with E-state index in [0.717, 1.165) is 29.5 Å². The Hall–Kier alpha value is -5.51. The summed E-state index contributed by atoms with van der Waals surface area (Å²) in [4.78, 5) is 6.86. The van der Waals surface area contributed by atoms with Gasteiger partial charge in [0.1, 0.15) is 0 Å². The second-order valence-corrected chi connectivity index (χ2v) is 15.3. The molecule has 0 spiro atoms. The number of hydrogen-bond acceptors (Lipinski definition) is 2. The quantitative estimate of drug-likeness (QED) is 0.171. The molecule has 11 rings (SSSR count). The Balaban J connectivity index is 1.12. The number of benzene rings is 6. The number of aryl methyl sites for hydroxylation is 1. The summed E-state index contributed by atoms with van der Waals surface area (Å²) >= 11 is 1.89. The largest absolute Gasteiger partial charge is 0.291 e. The van der Waals surface area contributed by atoms with Crippen molar-refractivity contribution in [1.29, 1.82) is 0 Å². The van der Waals surface area contributed by atoms with E-state index in [2.05, 4.69) is 152 Å². The highest BCUT2D eigenvalue weighted by molar-refractivity contribution is 7.21. The van der Waals surface area contributed by atoms with Gasteiger partial charge in [-0.05, 0) is 110 Å². The maximum Gasteiger partial charge on any atom is 0.156 e. The maximum absolute atomic E-state index is 5.49. The number of pyridine rings is 1. The predicted molar refractivity (Wildman–Crippen MR) is 209 cm³/mol. The van der Waals surface area contributed by atoms with Crippen LogP contribution in [0.15, 0.2) is 127 Å². The summed E-state index contributed by atoms with van der Waals surface area (Å²) in [6.45, 7) is 4.69. The Morgan fingerprint density at radius 3 is 2.29 bits per heavy atom. The van der Waals surface area contributed by atoms with Crippen molar-refractivity contribution in [3.63, 3.8) is 0 Å². The van der Waals surface area contributed by atoms with Gasteiger partial charge in [0.05, 0.1) is 21.4 Å². The van der Waals surface area contributed by atoms with Gasteiger partial charge in [-0.3, -0.25) is 4.40 Å². The summed E-state index contributed by atoms with van der Waals surface area (Å²) in [5.74, 6) is 0. The van der Waals surface area contributed by atoms with Gasteiger partial charge in [-0.2, -0.15) is 0 Å². The van der Waals surface area contributed by atoms with E-state index in [9.17, 15) is 0 Å². The van der Waals surface area contributed by atoms with E-state index in [0.29, 0.717) is 0 Å². The topological polar surface area (TPSA) is 17.3 Å². The third-order valence-electron chi connectivity index (χ3n) is 11.2. The summed E-state index contributed by atoms with van der Waals surface area (Å²) in [6.07, 6.45) is 6.79. The lowest BCUT2D eigenvalue weighted by molar-refractivity contribution is 0.660. The molecule has 49 heavy (non-hydrogen) atoms. The number of fused-ring (bicyclic) bond motifs is 13. The normalized spacial score (nSPS) is 14.7. The van der Waals surface area contributed by atoms with Crippen LogP contribution in [-0.4, -0.2) is 9.38 Å². The molecule has 2 aliphatic carbocycles. The Kier molecular flexibility index (Phi) is 5.48. The smallest absolute Gasteiger partial charge is 0.156 e. The van der Waals surface area contributed by atoms with Crippen LogP contribution in [0.2, 0.25) is 0 Å². The fraction of sp³-hybridized carbons (Fsp3) is 0.109. The van der Waals surface area contributed by atoms with Crippen LogP contribution >= 0.6 is 11.3 Å². The zero-order chi connectivity index (χ0) is 32.4. The molecule has 9 aromatic rings. The number of aromatic nitrogens is 2. The molecular weight excluding hydrogens is 613 g/mol. The molecule has 3 aromatic heterocycles. The first kappa shape index (κ1) is 27.4. The number of imidazole rings is 1. The zero-order valence-corrected chi connectivity index (χ0v) is 28.2. The van der Waals surface area contributed by atoms with Crippen LogP contribution in [0.3, 0.4) is 0 Å². The van der Waals surface area contributed by atoms with Gasteiger partial charge in [-0.15, -0.1) is 11.3 Å². The van der Waals surface area contributed by atoms with Gasteiger partial charge < -0.3 is 0 Å². The van der Waals surface area contributed by atoms with Crippen molar-refractivity contribution in [2.75, 3.05) is 0 Å². The first-order valence-corrected chi connectivity index (χ1v) is 18.1. The first-order chi connectivity index (χ1) is 24.0. The molecule has 2 nitrogen and oxygen atoms in total. The van der Waals surface area contributed by atoms with E-state index >= 15 is 0 Å². The van der Waals surface area contributed by atoms with Gasteiger partial charge in [-0.1, -0.05) is 111 Å². The number of nitrogens with zero attached hydrogens (tertiary/aromatic N) is 2. The number of allylic oxidation sites excluding steroid dienone is 1. The highest BCUT2D eigenvalue weighted by Gasteiger charge is 2.35. The minimum atomic E-state index is 0.0148. The molecule has 232 valence electrons. The van der Waals surface area contributed by atoms with E-state index in [1.165, 1.54) is 86.7 Å². The van der Waals surface area contributed by atoms with Crippen LogP contribution in [0.4, 0.5) is 0 Å². The van der Waals surface area contributed by atoms with Crippen molar-refractivity contribution in [3.8, 4) is 33.5 Å². The summed E-state index contributed by atoms with van der Waals surface area (Å²) in [5, 5.41) is 6.29. The summed E-state index contributed by atoms with van der Waals surface area (Å²) in [6, 6.07) is 45.4. The van der Waals surface area contributed by atoms with E-state index in [-0.39, 0.29) is 5.41 Å². The van der Waals surface area contributed by atoms with Gasteiger partial charge in [0.25, 0.3) is 0 Å². The van der Waals surface area contributed by atoms with Crippen LogP contribution in [0.1, 0.15) is 41.8 Å². The number of rotatable bonds is 2. The molecule has 0 amide bonds. The second kappa shape index (κ2) is 9.78. The van der Waals surface area contributed by atoms with Crippen molar-refractivity contribution < 1.29 is 0 Å². The van der Waals surface area contributed by atoms with Crippen molar-refractivity contribution >= 4 is 65.7 Å². The van der Waals surface area contributed by atoms with Gasteiger partial charge in [0.2, 0.25) is 0 Å². The molecular formula is C46H32N2S. The molecule has 6 aromatic carbocycles. The Labute approximate surface area is 288 Å². The molecule has 3 heteroatoms. The molecule has 0 unspecified atom stereocenters. The van der Waals surface area contributed by atoms with Crippen LogP contribution in [-0.2, 0) is 11.8 Å². The minimum Gasteiger partial charge on any atom is -0.291 e. The van der Waals surface area contributed by atoms with Crippen molar-refractivity contribution in [3.05, 3.63) is 149 Å². The van der Waals surface area contributed by atoms with E-state index in [1.807, 2.05) is 11.3 Å². The Morgan fingerprint density at radius 2 is 1.41 bits per heavy atom. The van der Waals surface area contributed by atoms with Crippen molar-refractivity contribution in [2.24, 2.45) is 0 Å². The average Bonchev–Trinajstić information content (AvgIpc) is 3.79. The molecule has 3 heterocycles. The van der Waals surface area contributed by atoms with Gasteiger partial charge >= 0.3 is 0 Å². The van der Waals surface area contributed by atoms with Crippen molar-refractivity contribution in [2.45, 2.75) is 32.1 Å². The van der Waals surface area contributed by atoms with E-state index in [4.69, 9.17) is 4.98 Å². The monoisotopic (exact) mass is 644 g/mol. The fourth-order valence-electron chi connectivity index (χ4n) is 8.72. The summed E-state index contributed by atoms with van der Waals surface area (Å²) < 4.78 is 3.70. The summed E-state index contributed by atoms with van der Waals surface area (Å²) in [5.41, 5.74) is 15.2. The zero-order valence-electron chi connectivity index (χ0n) is 27.4. The molecule has 0 saturated carbocycles. The second-order valence-electron chi connectivity index (χ2n) is 14.3. The maximum atomic E-state index is 5.49. The van der Waals surface area contributed by atoms with Crippen LogP contribution < -0.4 is 0 Å². The lowest BCUT2D eigenvalue weighted by Crippen LogP contribution is -2.14. The SMILES string of the molecule is CC1(C)c2ccccc2-c2cc(-c3ccc(-c4cc5c6c(sc5c5nc7c8cc9ccccc9cc8ccc7n45)C=CCC6)cc3)ccc21. The number of thiophene rings is 1. The van der Waals surface area contributed by atoms with Gasteiger partial charge in [-0.25, -0.2) is 4.98 Å². The first-order valence-electron chi connectivity index (χ1n) is 17.3. The standard InChI is InChI=1S/C46H32N2S/c1-46(2)38-13-7-5-11-33(38)36-25-31(19-21-39(36)46)27-15-17-28(18-16-27)41-26-37-34-12-6-8-14-42(34)49-44(37)45-47-43-35-24-30-10-4-3-9-29(30)23-32(35)20-22-40(43)48(41)45/h3-5,7-11,13-26H,6,12H2,1-2H3. The fourth-order valence-corrected chi connectivity index (χ4v) is 9.96. The lowest BCUT2D eigenvalue weighted by Gasteiger charge is -2.21. The Morgan fingerprint density at radius 1 is 0.653 bits per heavy atom. The summed E-state index contributed by atoms with van der Waals surface area (Å²) in [7, 11) is 0. The van der Waals surface area contributed by atoms with Crippen LogP contribution in [0.25, 0.3) is 87.9 Å². The molecule has 0 aliphatic heterocycles. The average molecular weight is 645 g/mol. The molecule has 2 aliphatic rings. The van der Waals surface area contributed by atoms with Gasteiger partial charge in [0, 0.05) is 21.1 Å². The number of hydrogen-bond donors (Lipinski definition) is 0. The molecule has 0 atom stereocenters. The third kappa shape index (κ3) is 3.79. The third-order valence-corrected chi connectivity index (χ3v) is 12.4.